The third-order valence-electron chi connectivity index (χ3n) is 1.46. The molecule has 0 aliphatic rings. The van der Waals surface area contributed by atoms with Gasteiger partial charge in [0.25, 0.3) is 0 Å². The predicted molar refractivity (Wildman–Crippen MR) is 42.5 cm³/mol. The number of furan rings is 1. The fraction of sp³-hybridized carbons (Fsp3) is 0.429. The molecule has 0 fully saturated rings. The summed E-state index contributed by atoms with van der Waals surface area (Å²) in [7, 11) is -4.18. The van der Waals surface area contributed by atoms with E-state index in [1.807, 2.05) is 6.92 Å². The van der Waals surface area contributed by atoms with Gasteiger partial charge in [0.15, 0.2) is 0 Å². The Morgan fingerprint density at radius 2 is 2.25 bits per heavy atom. The second-order valence-corrected chi connectivity index (χ2v) is 3.78. The highest BCUT2D eigenvalue weighted by molar-refractivity contribution is 7.85. The fourth-order valence-electron chi connectivity index (χ4n) is 1.00. The van der Waals surface area contributed by atoms with Crippen LogP contribution in [0.15, 0.2) is 21.8 Å². The van der Waals surface area contributed by atoms with Crippen LogP contribution >= 0.6 is 0 Å². The predicted octanol–water partition coefficient (Wildman–Crippen LogP) is 1.48. The minimum absolute atomic E-state index is 0.329. The van der Waals surface area contributed by atoms with Crippen LogP contribution in [0.2, 0.25) is 0 Å². The summed E-state index contributed by atoms with van der Waals surface area (Å²) in [6.45, 7) is 1.92. The maximum Gasteiger partial charge on any atom is 0.328 e. The van der Waals surface area contributed by atoms with E-state index in [9.17, 15) is 8.42 Å². The Labute approximate surface area is 70.9 Å². The molecule has 0 atom stereocenters. The molecule has 5 heteroatoms. The van der Waals surface area contributed by atoms with Gasteiger partial charge in [0, 0.05) is 5.56 Å². The second-order valence-electron chi connectivity index (χ2n) is 2.46. The van der Waals surface area contributed by atoms with Crippen molar-refractivity contribution in [3.05, 3.63) is 17.9 Å². The van der Waals surface area contributed by atoms with E-state index in [0.29, 0.717) is 12.0 Å². The zero-order chi connectivity index (χ0) is 9.19. The standard InChI is InChI=1S/C7H10O4S/c1-2-3-6-4-5-11-7(6)12(8,9)10/h4-5H,2-3H2,1H3,(H,8,9,10). The van der Waals surface area contributed by atoms with Crippen LogP contribution in [0.5, 0.6) is 0 Å². The van der Waals surface area contributed by atoms with Crippen LogP contribution < -0.4 is 0 Å². The molecule has 0 aromatic carbocycles. The highest BCUT2D eigenvalue weighted by Crippen LogP contribution is 2.17. The van der Waals surface area contributed by atoms with Crippen molar-refractivity contribution < 1.29 is 17.4 Å². The van der Waals surface area contributed by atoms with Crippen molar-refractivity contribution in [2.75, 3.05) is 0 Å². The summed E-state index contributed by atoms with van der Waals surface area (Å²) in [4.78, 5) is 0. The van der Waals surface area contributed by atoms with Gasteiger partial charge in [-0.1, -0.05) is 13.3 Å². The van der Waals surface area contributed by atoms with Gasteiger partial charge in [-0.25, -0.2) is 0 Å². The van der Waals surface area contributed by atoms with Crippen LogP contribution in [-0.4, -0.2) is 13.0 Å². The lowest BCUT2D eigenvalue weighted by molar-refractivity contribution is 0.402. The van der Waals surface area contributed by atoms with Gasteiger partial charge >= 0.3 is 10.1 Å². The average Bonchev–Trinajstić information content (AvgIpc) is 2.34. The summed E-state index contributed by atoms with van der Waals surface area (Å²) < 4.78 is 34.6. The number of hydrogen-bond acceptors (Lipinski definition) is 3. The van der Waals surface area contributed by atoms with Crippen LogP contribution in [0.4, 0.5) is 0 Å². The van der Waals surface area contributed by atoms with E-state index in [-0.39, 0.29) is 5.09 Å². The molecule has 0 aliphatic heterocycles. The molecular formula is C7H10O4S. The molecule has 0 saturated carbocycles. The molecule has 0 unspecified atom stereocenters. The maximum absolute atomic E-state index is 10.7. The van der Waals surface area contributed by atoms with Gasteiger partial charge in [-0.3, -0.25) is 4.55 Å². The van der Waals surface area contributed by atoms with E-state index in [4.69, 9.17) is 4.55 Å². The van der Waals surface area contributed by atoms with E-state index in [0.717, 1.165) is 6.42 Å². The Balaban J connectivity index is 3.08. The molecule has 0 spiro atoms. The van der Waals surface area contributed by atoms with Gasteiger partial charge < -0.3 is 4.42 Å². The number of aryl methyl sites for hydroxylation is 1. The third-order valence-corrected chi connectivity index (χ3v) is 2.29. The zero-order valence-electron chi connectivity index (χ0n) is 6.65. The molecule has 0 bridgehead atoms. The number of hydrogen-bond donors (Lipinski definition) is 1. The first-order chi connectivity index (χ1) is 5.55. The topological polar surface area (TPSA) is 67.5 Å². The van der Waals surface area contributed by atoms with Gasteiger partial charge in [-0.15, -0.1) is 0 Å². The van der Waals surface area contributed by atoms with Crippen molar-refractivity contribution in [1.82, 2.24) is 0 Å². The highest BCUT2D eigenvalue weighted by Gasteiger charge is 2.18. The van der Waals surface area contributed by atoms with Crippen LogP contribution in [0, 0.1) is 0 Å². The van der Waals surface area contributed by atoms with Crippen LogP contribution in [0.3, 0.4) is 0 Å². The quantitative estimate of drug-likeness (QED) is 0.733. The van der Waals surface area contributed by atoms with Crippen LogP contribution in [0.1, 0.15) is 18.9 Å². The minimum atomic E-state index is -4.18. The Morgan fingerprint density at radius 3 is 2.75 bits per heavy atom. The lowest BCUT2D eigenvalue weighted by Gasteiger charge is -1.95. The van der Waals surface area contributed by atoms with Gasteiger partial charge in [-0.05, 0) is 12.5 Å². The summed E-state index contributed by atoms with van der Waals surface area (Å²) >= 11 is 0. The van der Waals surface area contributed by atoms with E-state index in [1.165, 1.54) is 6.26 Å². The van der Waals surface area contributed by atoms with Gasteiger partial charge in [0.05, 0.1) is 6.26 Å². The summed E-state index contributed by atoms with van der Waals surface area (Å²) in [5.41, 5.74) is 0.528. The molecule has 1 heterocycles. The monoisotopic (exact) mass is 190 g/mol. The van der Waals surface area contributed by atoms with E-state index in [1.54, 1.807) is 6.07 Å². The first-order valence-corrected chi connectivity index (χ1v) is 5.03. The molecule has 0 amide bonds. The van der Waals surface area contributed by atoms with Crippen molar-refractivity contribution in [2.45, 2.75) is 24.9 Å². The van der Waals surface area contributed by atoms with Gasteiger partial charge in [-0.2, -0.15) is 8.42 Å². The van der Waals surface area contributed by atoms with Crippen molar-refractivity contribution >= 4 is 10.1 Å². The molecule has 0 radical (unpaired) electrons. The summed E-state index contributed by atoms with van der Waals surface area (Å²) in [6.07, 6.45) is 2.65. The van der Waals surface area contributed by atoms with Crippen molar-refractivity contribution in [3.63, 3.8) is 0 Å². The largest absolute Gasteiger partial charge is 0.451 e. The molecule has 1 N–H and O–H groups in total. The normalized spacial score (nSPS) is 11.8. The average molecular weight is 190 g/mol. The Hall–Kier alpha value is -0.810. The van der Waals surface area contributed by atoms with E-state index >= 15 is 0 Å². The molecule has 0 aliphatic carbocycles. The summed E-state index contributed by atoms with van der Waals surface area (Å²) in [5.74, 6) is 0. The lowest BCUT2D eigenvalue weighted by atomic mass is 10.2. The first kappa shape index (κ1) is 9.28. The fourth-order valence-corrected chi connectivity index (χ4v) is 1.68. The third kappa shape index (κ3) is 1.86. The van der Waals surface area contributed by atoms with E-state index < -0.39 is 10.1 Å². The van der Waals surface area contributed by atoms with Crippen molar-refractivity contribution in [3.8, 4) is 0 Å². The lowest BCUT2D eigenvalue weighted by Crippen LogP contribution is -1.99. The molecule has 68 valence electrons. The van der Waals surface area contributed by atoms with E-state index in [2.05, 4.69) is 4.42 Å². The van der Waals surface area contributed by atoms with Crippen LogP contribution in [0.25, 0.3) is 0 Å². The molecule has 1 rings (SSSR count). The first-order valence-electron chi connectivity index (χ1n) is 3.59. The van der Waals surface area contributed by atoms with Crippen molar-refractivity contribution in [1.29, 1.82) is 0 Å². The van der Waals surface area contributed by atoms with Crippen LogP contribution in [-0.2, 0) is 16.5 Å². The Kier molecular flexibility index (Phi) is 2.54. The molecule has 12 heavy (non-hydrogen) atoms. The Bertz CT molecular complexity index is 349. The molecule has 4 nitrogen and oxygen atoms in total. The summed E-state index contributed by atoms with van der Waals surface area (Å²) in [5, 5.41) is -0.329. The molecule has 1 aromatic heterocycles. The summed E-state index contributed by atoms with van der Waals surface area (Å²) in [6, 6.07) is 1.55. The van der Waals surface area contributed by atoms with Gasteiger partial charge in [0.2, 0.25) is 5.09 Å². The van der Waals surface area contributed by atoms with Crippen molar-refractivity contribution in [2.24, 2.45) is 0 Å². The zero-order valence-corrected chi connectivity index (χ0v) is 7.47. The molecule has 0 saturated heterocycles. The highest BCUT2D eigenvalue weighted by atomic mass is 32.2. The van der Waals surface area contributed by atoms with Gasteiger partial charge in [0.1, 0.15) is 0 Å². The number of rotatable bonds is 3. The molecule has 1 aromatic rings. The maximum atomic E-state index is 10.7. The smallest absolute Gasteiger partial charge is 0.328 e. The minimum Gasteiger partial charge on any atom is -0.451 e. The Morgan fingerprint density at radius 1 is 1.58 bits per heavy atom. The SMILES string of the molecule is CCCc1ccoc1S(=O)(=O)O. The second kappa shape index (κ2) is 3.28. The molecular weight excluding hydrogens is 180 g/mol.